The molecule has 0 aliphatic rings. The predicted octanol–water partition coefficient (Wildman–Crippen LogP) is 4.25. The zero-order valence-electron chi connectivity index (χ0n) is 9.22. The van der Waals surface area contributed by atoms with Crippen molar-refractivity contribution in [2.45, 2.75) is 13.8 Å². The second-order valence-electron chi connectivity index (χ2n) is 3.93. The quantitative estimate of drug-likeness (QED) is 0.671. The molecule has 16 heavy (non-hydrogen) atoms. The number of rotatable bonds is 1. The van der Waals surface area contributed by atoms with Gasteiger partial charge in [0.2, 0.25) is 0 Å². The van der Waals surface area contributed by atoms with Crippen LogP contribution in [0.1, 0.15) is 11.1 Å². The van der Waals surface area contributed by atoms with Gasteiger partial charge in [0.25, 0.3) is 0 Å². The van der Waals surface area contributed by atoms with Gasteiger partial charge in [0.1, 0.15) is 0 Å². The highest BCUT2D eigenvalue weighted by molar-refractivity contribution is 5.65. The minimum absolute atomic E-state index is 0.312. The first-order valence-electron chi connectivity index (χ1n) is 5.11. The maximum atomic E-state index is 13.7. The van der Waals surface area contributed by atoms with Crippen molar-refractivity contribution in [3.63, 3.8) is 0 Å². The van der Waals surface area contributed by atoms with Crippen LogP contribution in [0.25, 0.3) is 11.1 Å². The van der Waals surface area contributed by atoms with E-state index in [9.17, 15) is 8.78 Å². The molecule has 0 nitrogen and oxygen atoms in total. The zero-order valence-corrected chi connectivity index (χ0v) is 9.22. The van der Waals surface area contributed by atoms with E-state index in [2.05, 4.69) is 0 Å². The average Bonchev–Trinajstić information content (AvgIpc) is 2.26. The molecule has 0 unspecified atom stereocenters. The molecular weight excluding hydrogens is 206 g/mol. The molecule has 0 aliphatic carbocycles. The minimum atomic E-state index is -0.773. The van der Waals surface area contributed by atoms with Crippen molar-refractivity contribution < 1.29 is 8.78 Å². The van der Waals surface area contributed by atoms with Crippen molar-refractivity contribution in [1.29, 1.82) is 0 Å². The van der Waals surface area contributed by atoms with Gasteiger partial charge in [0.15, 0.2) is 11.6 Å². The van der Waals surface area contributed by atoms with Crippen LogP contribution in [-0.4, -0.2) is 0 Å². The van der Waals surface area contributed by atoms with Crippen LogP contribution in [0.4, 0.5) is 8.78 Å². The number of hydrogen-bond acceptors (Lipinski definition) is 0. The molecule has 2 heteroatoms. The monoisotopic (exact) mass is 218 g/mol. The minimum Gasteiger partial charge on any atom is -0.203 e. The maximum absolute atomic E-state index is 13.7. The molecule has 0 aromatic heterocycles. The third kappa shape index (κ3) is 1.83. The third-order valence-electron chi connectivity index (χ3n) is 2.60. The smallest absolute Gasteiger partial charge is 0.166 e. The van der Waals surface area contributed by atoms with Crippen molar-refractivity contribution in [3.8, 4) is 11.1 Å². The summed E-state index contributed by atoms with van der Waals surface area (Å²) in [6.45, 7) is 3.48. The lowest BCUT2D eigenvalue weighted by Gasteiger charge is -2.06. The number of halogens is 2. The van der Waals surface area contributed by atoms with Crippen molar-refractivity contribution in [2.75, 3.05) is 0 Å². The Bertz CT molecular complexity index is 530. The third-order valence-corrected chi connectivity index (χ3v) is 2.60. The van der Waals surface area contributed by atoms with Gasteiger partial charge < -0.3 is 0 Å². The summed E-state index contributed by atoms with van der Waals surface area (Å²) in [6, 6.07) is 10.6. The van der Waals surface area contributed by atoms with Gasteiger partial charge in [0, 0.05) is 5.56 Å². The van der Waals surface area contributed by atoms with Crippen LogP contribution in [-0.2, 0) is 0 Å². The first kappa shape index (κ1) is 10.8. The van der Waals surface area contributed by atoms with Gasteiger partial charge in [0.05, 0.1) is 0 Å². The van der Waals surface area contributed by atoms with E-state index in [0.717, 1.165) is 5.56 Å². The fraction of sp³-hybridized carbons (Fsp3) is 0.143. The molecule has 0 saturated carbocycles. The van der Waals surface area contributed by atoms with Crippen LogP contribution in [0.2, 0.25) is 0 Å². The van der Waals surface area contributed by atoms with Crippen molar-refractivity contribution in [2.24, 2.45) is 0 Å². The Morgan fingerprint density at radius 2 is 1.62 bits per heavy atom. The summed E-state index contributed by atoms with van der Waals surface area (Å²) < 4.78 is 27.1. The van der Waals surface area contributed by atoms with E-state index in [1.165, 1.54) is 0 Å². The van der Waals surface area contributed by atoms with Crippen molar-refractivity contribution in [1.82, 2.24) is 0 Å². The molecule has 0 atom stereocenters. The van der Waals surface area contributed by atoms with Crippen LogP contribution in [0, 0.1) is 25.5 Å². The molecule has 0 aliphatic heterocycles. The standard InChI is InChI=1S/C14H12F2/c1-9-4-3-5-11(8-9)12-7-6-10(2)13(15)14(12)16/h3-8H,1-2H3. The molecule has 0 radical (unpaired) electrons. The normalized spacial score (nSPS) is 10.5. The van der Waals surface area contributed by atoms with Crippen LogP contribution in [0.3, 0.4) is 0 Å². The van der Waals surface area contributed by atoms with Gasteiger partial charge in [-0.2, -0.15) is 0 Å². The molecule has 2 aromatic carbocycles. The molecule has 0 bridgehead atoms. The highest BCUT2D eigenvalue weighted by Gasteiger charge is 2.12. The van der Waals surface area contributed by atoms with Crippen LogP contribution in [0.15, 0.2) is 36.4 Å². The predicted molar refractivity (Wildman–Crippen MR) is 61.3 cm³/mol. The first-order valence-corrected chi connectivity index (χ1v) is 5.11. The van der Waals surface area contributed by atoms with Gasteiger partial charge in [-0.15, -0.1) is 0 Å². The average molecular weight is 218 g/mol. The lowest BCUT2D eigenvalue weighted by Crippen LogP contribution is -1.93. The SMILES string of the molecule is Cc1cccc(-c2ccc(C)c(F)c2F)c1. The topological polar surface area (TPSA) is 0 Å². The summed E-state index contributed by atoms with van der Waals surface area (Å²) >= 11 is 0. The second-order valence-corrected chi connectivity index (χ2v) is 3.93. The van der Waals surface area contributed by atoms with Crippen LogP contribution in [0.5, 0.6) is 0 Å². The molecule has 0 spiro atoms. The van der Waals surface area contributed by atoms with E-state index < -0.39 is 11.6 Å². The Morgan fingerprint density at radius 3 is 2.31 bits per heavy atom. The van der Waals surface area contributed by atoms with Crippen LogP contribution < -0.4 is 0 Å². The molecule has 0 N–H and O–H groups in total. The summed E-state index contributed by atoms with van der Waals surface area (Å²) in [6.07, 6.45) is 0. The lowest BCUT2D eigenvalue weighted by molar-refractivity contribution is 0.505. The van der Waals surface area contributed by atoms with E-state index in [1.54, 1.807) is 25.1 Å². The summed E-state index contributed by atoms with van der Waals surface area (Å²) in [5, 5.41) is 0. The Morgan fingerprint density at radius 1 is 0.875 bits per heavy atom. The summed E-state index contributed by atoms with van der Waals surface area (Å²) in [5.74, 6) is -1.54. The van der Waals surface area contributed by atoms with Gasteiger partial charge in [-0.25, -0.2) is 8.78 Å². The van der Waals surface area contributed by atoms with E-state index in [4.69, 9.17) is 0 Å². The van der Waals surface area contributed by atoms with Crippen molar-refractivity contribution >= 4 is 0 Å². The van der Waals surface area contributed by atoms with Gasteiger partial charge in [-0.1, -0.05) is 42.0 Å². The summed E-state index contributed by atoms with van der Waals surface area (Å²) in [5.41, 5.74) is 2.37. The molecule has 2 rings (SSSR count). The highest BCUT2D eigenvalue weighted by Crippen LogP contribution is 2.26. The zero-order chi connectivity index (χ0) is 11.7. The van der Waals surface area contributed by atoms with Gasteiger partial charge >= 0.3 is 0 Å². The van der Waals surface area contributed by atoms with Gasteiger partial charge in [-0.05, 0) is 25.0 Å². The summed E-state index contributed by atoms with van der Waals surface area (Å²) in [7, 11) is 0. The maximum Gasteiger partial charge on any atom is 0.166 e. The molecule has 82 valence electrons. The first-order chi connectivity index (χ1) is 7.59. The number of aryl methyl sites for hydroxylation is 2. The van der Waals surface area contributed by atoms with Crippen LogP contribution >= 0.6 is 0 Å². The number of benzene rings is 2. The van der Waals surface area contributed by atoms with E-state index in [1.807, 2.05) is 25.1 Å². The lowest BCUT2D eigenvalue weighted by atomic mass is 10.0. The Kier molecular flexibility index (Phi) is 2.73. The Hall–Kier alpha value is -1.70. The van der Waals surface area contributed by atoms with Crippen molar-refractivity contribution in [3.05, 3.63) is 59.2 Å². The largest absolute Gasteiger partial charge is 0.203 e. The molecule has 0 saturated heterocycles. The molecular formula is C14H12F2. The Balaban J connectivity index is 2.61. The molecule has 2 aromatic rings. The fourth-order valence-electron chi connectivity index (χ4n) is 1.68. The molecule has 0 heterocycles. The highest BCUT2D eigenvalue weighted by atomic mass is 19.2. The molecule has 0 fully saturated rings. The fourth-order valence-corrected chi connectivity index (χ4v) is 1.68. The number of hydrogen-bond donors (Lipinski definition) is 0. The van der Waals surface area contributed by atoms with Gasteiger partial charge in [-0.3, -0.25) is 0 Å². The van der Waals surface area contributed by atoms with E-state index in [-0.39, 0.29) is 0 Å². The Labute approximate surface area is 93.5 Å². The van der Waals surface area contributed by atoms with E-state index in [0.29, 0.717) is 16.7 Å². The second kappa shape index (κ2) is 4.05. The molecule has 0 amide bonds. The van der Waals surface area contributed by atoms with E-state index >= 15 is 0 Å². The summed E-state index contributed by atoms with van der Waals surface area (Å²) in [4.78, 5) is 0.